The molecule has 1 fully saturated rings. The van der Waals surface area contributed by atoms with Gasteiger partial charge >= 0.3 is 0 Å². The fourth-order valence-electron chi connectivity index (χ4n) is 0.241. The molecule has 1 aliphatic heterocycles. The Balaban J connectivity index is 2.34. The van der Waals surface area contributed by atoms with E-state index in [4.69, 9.17) is 0 Å². The molecule has 0 aromatic heterocycles. The van der Waals surface area contributed by atoms with Crippen molar-refractivity contribution in [2.24, 2.45) is 4.99 Å². The van der Waals surface area contributed by atoms with Crippen LogP contribution >= 0.6 is 23.5 Å². The van der Waals surface area contributed by atoms with E-state index >= 15 is 0 Å². The van der Waals surface area contributed by atoms with Crippen LogP contribution in [0.1, 0.15) is 0 Å². The first-order chi connectivity index (χ1) is 2.93. The van der Waals surface area contributed by atoms with Crippen molar-refractivity contribution in [2.45, 2.75) is 0 Å². The maximum Gasteiger partial charge on any atom is 0.125 e. The second kappa shape index (κ2) is 1.89. The first-order valence-corrected chi connectivity index (χ1v) is 3.63. The molecule has 1 nitrogen and oxygen atoms in total. The van der Waals surface area contributed by atoms with Gasteiger partial charge in [-0.2, -0.15) is 0 Å². The van der Waals surface area contributed by atoms with Gasteiger partial charge in [-0.3, -0.25) is 4.99 Å². The molecule has 0 atom stereocenters. The molecule has 0 bridgehead atoms. The first-order valence-electron chi connectivity index (χ1n) is 1.66. The van der Waals surface area contributed by atoms with Crippen LogP contribution in [-0.2, 0) is 0 Å². The smallest absolute Gasteiger partial charge is 0.125 e. The lowest BCUT2D eigenvalue weighted by Gasteiger charge is -2.10. The molecule has 34 valence electrons. The van der Waals surface area contributed by atoms with E-state index in [-0.39, 0.29) is 0 Å². The van der Waals surface area contributed by atoms with Gasteiger partial charge in [-0.25, -0.2) is 0 Å². The van der Waals surface area contributed by atoms with Crippen LogP contribution in [0.2, 0.25) is 0 Å². The van der Waals surface area contributed by atoms with Crippen molar-refractivity contribution >= 4 is 27.9 Å². The van der Waals surface area contributed by atoms with Gasteiger partial charge in [0.1, 0.15) is 4.38 Å². The molecule has 3 heteroatoms. The molecular weight excluding hydrogens is 114 g/mol. The molecule has 0 aromatic rings. The molecule has 1 heterocycles. The number of aliphatic imine (C=N–C) groups is 1. The lowest BCUT2D eigenvalue weighted by Crippen LogP contribution is -1.96. The molecule has 0 amide bonds. The third kappa shape index (κ3) is 0.708. The zero-order valence-corrected chi connectivity index (χ0v) is 5.10. The minimum Gasteiger partial charge on any atom is -0.275 e. The van der Waals surface area contributed by atoms with Crippen LogP contribution in [0.15, 0.2) is 4.99 Å². The summed E-state index contributed by atoms with van der Waals surface area (Å²) >= 11 is 3.64. The highest BCUT2D eigenvalue weighted by molar-refractivity contribution is 8.52. The average molecular weight is 119 g/mol. The van der Waals surface area contributed by atoms with E-state index in [9.17, 15) is 0 Å². The summed E-state index contributed by atoms with van der Waals surface area (Å²) in [5.41, 5.74) is 0. The Morgan fingerprint density at radius 1 is 1.67 bits per heavy atom. The van der Waals surface area contributed by atoms with Gasteiger partial charge in [-0.05, 0) is 0 Å². The summed E-state index contributed by atoms with van der Waals surface area (Å²) < 4.78 is 1.23. The molecule has 6 heavy (non-hydrogen) atoms. The van der Waals surface area contributed by atoms with E-state index < -0.39 is 0 Å². The molecule has 0 unspecified atom stereocenters. The summed E-state index contributed by atoms with van der Waals surface area (Å²) in [6.45, 7) is 0. The zero-order chi connectivity index (χ0) is 4.41. The lowest BCUT2D eigenvalue weighted by atomic mass is 11.4. The van der Waals surface area contributed by atoms with Crippen molar-refractivity contribution in [1.82, 2.24) is 0 Å². The van der Waals surface area contributed by atoms with E-state index in [0.29, 0.717) is 0 Å². The standard InChI is InChI=1S/C3H5NS2/c1-4-3-5-2-6-3/h2H2,1H3. The minimum absolute atomic E-state index is 1.20. The van der Waals surface area contributed by atoms with Crippen molar-refractivity contribution in [2.75, 3.05) is 12.1 Å². The zero-order valence-electron chi connectivity index (χ0n) is 3.47. The molecular formula is C3H5NS2. The van der Waals surface area contributed by atoms with Crippen molar-refractivity contribution in [3.63, 3.8) is 0 Å². The van der Waals surface area contributed by atoms with Crippen LogP contribution in [0.5, 0.6) is 0 Å². The Morgan fingerprint density at radius 3 is 2.33 bits per heavy atom. The van der Waals surface area contributed by atoms with Crippen molar-refractivity contribution in [3.05, 3.63) is 0 Å². The molecule has 0 spiro atoms. The van der Waals surface area contributed by atoms with Crippen LogP contribution in [0.25, 0.3) is 0 Å². The molecule has 0 N–H and O–H groups in total. The Labute approximate surface area is 45.6 Å². The maximum atomic E-state index is 3.94. The van der Waals surface area contributed by atoms with E-state index in [1.807, 2.05) is 30.6 Å². The van der Waals surface area contributed by atoms with Gasteiger partial charge in [-0.15, -0.1) is 0 Å². The fourth-order valence-corrected chi connectivity index (χ4v) is 1.39. The molecule has 0 aliphatic carbocycles. The predicted molar refractivity (Wildman–Crippen MR) is 33.4 cm³/mol. The second-order valence-corrected chi connectivity index (χ2v) is 3.45. The summed E-state index contributed by atoms with van der Waals surface area (Å²) in [7, 11) is 1.83. The molecule has 1 rings (SSSR count). The summed E-state index contributed by atoms with van der Waals surface area (Å²) in [5.74, 6) is 0. The Bertz CT molecular complexity index is 72.9. The fraction of sp³-hybridized carbons (Fsp3) is 0.667. The predicted octanol–water partition coefficient (Wildman–Crippen LogP) is 1.41. The SMILES string of the molecule is CN=C1SCS1. The third-order valence-electron chi connectivity index (χ3n) is 0.547. The number of rotatable bonds is 0. The summed E-state index contributed by atoms with van der Waals surface area (Å²) in [6, 6.07) is 0. The highest BCUT2D eigenvalue weighted by Crippen LogP contribution is 2.31. The summed E-state index contributed by atoms with van der Waals surface area (Å²) in [4.78, 5) is 3.94. The number of thioether (sulfide) groups is 2. The molecule has 1 aliphatic rings. The van der Waals surface area contributed by atoms with Crippen molar-refractivity contribution < 1.29 is 0 Å². The van der Waals surface area contributed by atoms with E-state index in [1.165, 1.54) is 9.46 Å². The van der Waals surface area contributed by atoms with E-state index in [0.717, 1.165) is 0 Å². The topological polar surface area (TPSA) is 12.4 Å². The largest absolute Gasteiger partial charge is 0.275 e. The van der Waals surface area contributed by atoms with Crippen LogP contribution in [0.4, 0.5) is 0 Å². The van der Waals surface area contributed by atoms with Crippen LogP contribution < -0.4 is 0 Å². The minimum atomic E-state index is 1.20. The Hall–Kier alpha value is 0.370. The molecule has 0 aromatic carbocycles. The molecule has 0 saturated carbocycles. The number of hydrogen-bond acceptors (Lipinski definition) is 3. The molecule has 0 radical (unpaired) electrons. The van der Waals surface area contributed by atoms with Crippen molar-refractivity contribution in [1.29, 1.82) is 0 Å². The quantitative estimate of drug-likeness (QED) is 0.478. The first kappa shape index (κ1) is 4.53. The van der Waals surface area contributed by atoms with Gasteiger partial charge in [0.25, 0.3) is 0 Å². The third-order valence-corrected chi connectivity index (χ3v) is 3.06. The van der Waals surface area contributed by atoms with E-state index in [2.05, 4.69) is 4.99 Å². The van der Waals surface area contributed by atoms with Gasteiger partial charge < -0.3 is 0 Å². The van der Waals surface area contributed by atoms with E-state index in [1.54, 1.807) is 0 Å². The van der Waals surface area contributed by atoms with Crippen LogP contribution in [-0.4, -0.2) is 16.5 Å². The van der Waals surface area contributed by atoms with Gasteiger partial charge in [0.2, 0.25) is 0 Å². The maximum absolute atomic E-state index is 3.94. The highest BCUT2D eigenvalue weighted by atomic mass is 32.3. The summed E-state index contributed by atoms with van der Waals surface area (Å²) in [6.07, 6.45) is 0. The summed E-state index contributed by atoms with van der Waals surface area (Å²) in [5, 5.41) is 1.20. The lowest BCUT2D eigenvalue weighted by molar-refractivity contribution is 1.48. The highest BCUT2D eigenvalue weighted by Gasteiger charge is 2.08. The molecule has 1 saturated heterocycles. The van der Waals surface area contributed by atoms with Gasteiger partial charge in [0.05, 0.1) is 5.08 Å². The normalized spacial score (nSPS) is 19.8. The van der Waals surface area contributed by atoms with Crippen LogP contribution in [0.3, 0.4) is 0 Å². The van der Waals surface area contributed by atoms with Crippen LogP contribution in [0, 0.1) is 0 Å². The second-order valence-electron chi connectivity index (χ2n) is 0.896. The van der Waals surface area contributed by atoms with Gasteiger partial charge in [-0.1, -0.05) is 23.5 Å². The number of nitrogens with zero attached hydrogens (tertiary/aromatic N) is 1. The average Bonchev–Trinajstić information content (AvgIpc) is 1.31. The monoisotopic (exact) mass is 119 g/mol. The Kier molecular flexibility index (Phi) is 1.42. The van der Waals surface area contributed by atoms with Gasteiger partial charge in [0, 0.05) is 7.05 Å². The van der Waals surface area contributed by atoms with Crippen molar-refractivity contribution in [3.8, 4) is 0 Å². The van der Waals surface area contributed by atoms with Gasteiger partial charge in [0.15, 0.2) is 0 Å². The number of hydrogen-bond donors (Lipinski definition) is 0. The Morgan fingerprint density at radius 2 is 2.33 bits per heavy atom.